The number of hydrogen-bond donors (Lipinski definition) is 1. The zero-order valence-corrected chi connectivity index (χ0v) is 13.4. The fraction of sp³-hybridized carbons (Fsp3) is 0.667. The van der Waals surface area contributed by atoms with Crippen LogP contribution in [0.15, 0.2) is 28.8 Å². The minimum atomic E-state index is -0.171. The summed E-state index contributed by atoms with van der Waals surface area (Å²) < 4.78 is 0. The first kappa shape index (κ1) is 15.4. The van der Waals surface area contributed by atoms with Crippen LogP contribution in [0.2, 0.25) is 0 Å². The molecule has 3 heteroatoms. The quantitative estimate of drug-likeness (QED) is 0.447. The van der Waals surface area contributed by atoms with E-state index in [1.54, 1.807) is 0 Å². The van der Waals surface area contributed by atoms with E-state index in [0.717, 1.165) is 0 Å². The molecular weight excluding hydrogens is 239 g/mol. The number of allylic oxidation sites excluding steroid dienone is 2. The first-order valence-corrected chi connectivity index (χ1v) is 8.32. The van der Waals surface area contributed by atoms with E-state index in [1.807, 2.05) is 6.34 Å². The van der Waals surface area contributed by atoms with Gasteiger partial charge in [0.1, 0.15) is 0 Å². The summed E-state index contributed by atoms with van der Waals surface area (Å²) in [7, 11) is -0.171. The highest BCUT2D eigenvalue weighted by Gasteiger charge is 2.18. The van der Waals surface area contributed by atoms with Crippen LogP contribution in [0.5, 0.6) is 0 Å². The highest BCUT2D eigenvalue weighted by molar-refractivity contribution is 7.57. The zero-order chi connectivity index (χ0) is 13.7. The lowest BCUT2D eigenvalue weighted by molar-refractivity contribution is 0.600. The van der Waals surface area contributed by atoms with Gasteiger partial charge in [0.2, 0.25) is 0 Å². The van der Waals surface area contributed by atoms with E-state index in [4.69, 9.17) is 4.99 Å². The van der Waals surface area contributed by atoms with Gasteiger partial charge in [0.15, 0.2) is 0 Å². The predicted molar refractivity (Wildman–Crippen MR) is 84.7 cm³/mol. The fourth-order valence-corrected chi connectivity index (χ4v) is 4.32. The number of hydrogen-bond acceptors (Lipinski definition) is 1. The van der Waals surface area contributed by atoms with Crippen molar-refractivity contribution in [2.75, 3.05) is 0 Å². The van der Waals surface area contributed by atoms with Crippen LogP contribution in [-0.4, -0.2) is 23.7 Å². The topological polar surface area (TPSA) is 24.4 Å². The highest BCUT2D eigenvalue weighted by atomic mass is 31.1. The summed E-state index contributed by atoms with van der Waals surface area (Å²) in [5.41, 5.74) is 2.72. The molecule has 2 unspecified atom stereocenters. The fourth-order valence-electron chi connectivity index (χ4n) is 2.33. The maximum absolute atomic E-state index is 4.71. The van der Waals surface area contributed by atoms with Gasteiger partial charge >= 0.3 is 0 Å². The molecule has 102 valence electrons. The van der Waals surface area contributed by atoms with Gasteiger partial charge in [-0.05, 0) is 31.9 Å². The van der Waals surface area contributed by atoms with Crippen LogP contribution in [0, 0.1) is 5.92 Å². The van der Waals surface area contributed by atoms with Gasteiger partial charge in [0.25, 0.3) is 0 Å². The Balaban J connectivity index is 2.59. The molecule has 1 rings (SSSR count). The van der Waals surface area contributed by atoms with Crippen LogP contribution < -0.4 is 5.09 Å². The molecule has 2 nitrogen and oxygen atoms in total. The molecule has 0 radical (unpaired) electrons. The molecular formula is C15H27N2P. The van der Waals surface area contributed by atoms with E-state index in [9.17, 15) is 0 Å². The monoisotopic (exact) mass is 266 g/mol. The van der Waals surface area contributed by atoms with Gasteiger partial charge in [-0.25, -0.2) is 0 Å². The maximum atomic E-state index is 4.71. The van der Waals surface area contributed by atoms with Gasteiger partial charge < -0.3 is 5.09 Å². The minimum absolute atomic E-state index is 0.171. The van der Waals surface area contributed by atoms with Crippen LogP contribution in [0.25, 0.3) is 0 Å². The third-order valence-corrected chi connectivity index (χ3v) is 5.93. The molecule has 0 fully saturated rings. The Hall–Kier alpha value is -0.620. The normalized spacial score (nSPS) is 24.4. The average Bonchev–Trinajstić information content (AvgIpc) is 2.26. The number of nitrogens with zero attached hydrogens (tertiary/aromatic N) is 1. The van der Waals surface area contributed by atoms with Crippen LogP contribution in [-0.2, 0) is 0 Å². The average molecular weight is 266 g/mol. The van der Waals surface area contributed by atoms with Crippen molar-refractivity contribution >= 4 is 14.4 Å². The van der Waals surface area contributed by atoms with Gasteiger partial charge in [-0.2, -0.15) is 0 Å². The van der Waals surface area contributed by atoms with Crippen molar-refractivity contribution in [2.45, 2.75) is 58.9 Å². The molecule has 0 saturated carbocycles. The van der Waals surface area contributed by atoms with Gasteiger partial charge in [-0.3, -0.25) is 4.99 Å². The van der Waals surface area contributed by atoms with Crippen LogP contribution in [0.4, 0.5) is 0 Å². The lowest BCUT2D eigenvalue weighted by Crippen LogP contribution is -2.22. The Morgan fingerprint density at radius 3 is 2.39 bits per heavy atom. The summed E-state index contributed by atoms with van der Waals surface area (Å²) in [6.45, 7) is 13.5. The van der Waals surface area contributed by atoms with E-state index in [0.29, 0.717) is 23.3 Å². The molecule has 1 aliphatic rings. The molecule has 1 aliphatic carbocycles. The Kier molecular flexibility index (Phi) is 6.08. The van der Waals surface area contributed by atoms with Gasteiger partial charge in [-0.1, -0.05) is 52.8 Å². The Bertz CT molecular complexity index is 334. The van der Waals surface area contributed by atoms with E-state index in [1.165, 1.54) is 5.57 Å². The second-order valence-corrected chi connectivity index (χ2v) is 8.74. The van der Waals surface area contributed by atoms with Gasteiger partial charge in [0.05, 0.1) is 12.4 Å². The molecule has 0 bridgehead atoms. The van der Waals surface area contributed by atoms with Crippen molar-refractivity contribution < 1.29 is 0 Å². The summed E-state index contributed by atoms with van der Waals surface area (Å²) in [5, 5.41) is 3.53. The van der Waals surface area contributed by atoms with E-state index in [-0.39, 0.29) is 8.07 Å². The lowest BCUT2D eigenvalue weighted by Gasteiger charge is -2.26. The molecule has 0 aliphatic heterocycles. The molecule has 0 aromatic rings. The molecule has 18 heavy (non-hydrogen) atoms. The van der Waals surface area contributed by atoms with Crippen LogP contribution in [0.1, 0.15) is 41.5 Å². The number of aliphatic imine (C=N–C) groups is 1. The van der Waals surface area contributed by atoms with Crippen molar-refractivity contribution in [3.63, 3.8) is 0 Å². The van der Waals surface area contributed by atoms with Crippen molar-refractivity contribution in [3.05, 3.63) is 23.8 Å². The molecule has 0 spiro atoms. The standard InChI is InChI=1S/C15H27N2P/c1-11(2)18(12(3)4)17-10-16-15-13(5)8-7-9-14(15)6/h7-13,15H,1-6H3,(H,16,17). The third-order valence-electron chi connectivity index (χ3n) is 3.29. The molecule has 2 atom stereocenters. The Morgan fingerprint density at radius 2 is 1.89 bits per heavy atom. The van der Waals surface area contributed by atoms with E-state index in [2.05, 4.69) is 64.9 Å². The smallest absolute Gasteiger partial charge is 0.0864 e. The molecule has 1 N–H and O–H groups in total. The third kappa shape index (κ3) is 4.24. The second kappa shape index (κ2) is 7.09. The van der Waals surface area contributed by atoms with Crippen LogP contribution >= 0.6 is 8.07 Å². The van der Waals surface area contributed by atoms with Crippen molar-refractivity contribution in [1.82, 2.24) is 5.09 Å². The van der Waals surface area contributed by atoms with Gasteiger partial charge in [0, 0.05) is 5.92 Å². The largest absolute Gasteiger partial charge is 0.355 e. The van der Waals surface area contributed by atoms with E-state index < -0.39 is 0 Å². The van der Waals surface area contributed by atoms with Crippen molar-refractivity contribution in [2.24, 2.45) is 10.9 Å². The molecule has 0 aromatic carbocycles. The predicted octanol–water partition coefficient (Wildman–Crippen LogP) is 4.34. The lowest BCUT2D eigenvalue weighted by atomic mass is 9.91. The number of rotatable bonds is 5. The summed E-state index contributed by atoms with van der Waals surface area (Å²) in [5.74, 6) is 0.498. The SMILES string of the molecule is CC1=CC=CC(C)C1N=CNP(C(C)C)C(C)C. The van der Waals surface area contributed by atoms with Crippen molar-refractivity contribution in [1.29, 1.82) is 0 Å². The molecule has 0 saturated heterocycles. The second-order valence-electron chi connectivity index (χ2n) is 5.60. The molecule has 0 amide bonds. The van der Waals surface area contributed by atoms with Crippen LogP contribution in [0.3, 0.4) is 0 Å². The highest BCUT2D eigenvalue weighted by Crippen LogP contribution is 2.40. The number of nitrogens with one attached hydrogen (secondary N) is 1. The summed E-state index contributed by atoms with van der Waals surface area (Å²) in [4.78, 5) is 4.71. The molecule has 0 heterocycles. The first-order valence-electron chi connectivity index (χ1n) is 6.84. The summed E-state index contributed by atoms with van der Waals surface area (Å²) in [6.07, 6.45) is 8.47. The summed E-state index contributed by atoms with van der Waals surface area (Å²) in [6, 6.07) is 0.304. The zero-order valence-electron chi connectivity index (χ0n) is 12.5. The Morgan fingerprint density at radius 1 is 1.28 bits per heavy atom. The Labute approximate surface area is 113 Å². The van der Waals surface area contributed by atoms with Gasteiger partial charge in [-0.15, -0.1) is 0 Å². The minimum Gasteiger partial charge on any atom is -0.355 e. The molecule has 0 aromatic heterocycles. The maximum Gasteiger partial charge on any atom is 0.0864 e. The summed E-state index contributed by atoms with van der Waals surface area (Å²) >= 11 is 0. The van der Waals surface area contributed by atoms with Crippen molar-refractivity contribution in [3.8, 4) is 0 Å². The van der Waals surface area contributed by atoms with E-state index >= 15 is 0 Å². The first-order chi connectivity index (χ1) is 8.43.